The molecule has 0 N–H and O–H groups in total. The van der Waals surface area contributed by atoms with Gasteiger partial charge in [-0.15, -0.1) is 0 Å². The zero-order valence-electron chi connectivity index (χ0n) is 7.65. The Morgan fingerprint density at radius 2 is 1.47 bits per heavy atom. The summed E-state index contributed by atoms with van der Waals surface area (Å²) in [5.74, 6) is 0. The molecule has 0 spiro atoms. The summed E-state index contributed by atoms with van der Waals surface area (Å²) >= 11 is 11.6. The molecule has 0 bridgehead atoms. The number of nitrogens with zero attached hydrogens (tertiary/aromatic N) is 1. The van der Waals surface area contributed by atoms with E-state index < -0.39 is 0 Å². The van der Waals surface area contributed by atoms with Crippen LogP contribution in [0.15, 0.2) is 47.4 Å². The molecular weight excluding hydrogens is 233 g/mol. The minimum Gasteiger partial charge on any atom is -0.283 e. The molecular formula is C11H7Cl2NO. The topological polar surface area (TPSA) is 22.0 Å². The molecule has 2 aromatic rings. The molecule has 1 heterocycles. The summed E-state index contributed by atoms with van der Waals surface area (Å²) < 4.78 is 1.47. The van der Waals surface area contributed by atoms with Crippen molar-refractivity contribution in [1.29, 1.82) is 0 Å². The first-order valence-corrected chi connectivity index (χ1v) is 5.06. The van der Waals surface area contributed by atoms with E-state index in [0.717, 1.165) is 5.69 Å². The van der Waals surface area contributed by atoms with E-state index in [0.29, 0.717) is 10.0 Å². The number of benzene rings is 1. The van der Waals surface area contributed by atoms with E-state index >= 15 is 0 Å². The molecule has 0 fully saturated rings. The molecule has 0 aliphatic heterocycles. The molecule has 1 aromatic heterocycles. The van der Waals surface area contributed by atoms with Gasteiger partial charge in [-0.2, -0.15) is 0 Å². The van der Waals surface area contributed by atoms with Crippen LogP contribution in [0.5, 0.6) is 0 Å². The minimum atomic E-state index is -0.123. The van der Waals surface area contributed by atoms with Gasteiger partial charge < -0.3 is 0 Å². The van der Waals surface area contributed by atoms with Crippen LogP contribution in [0.2, 0.25) is 10.0 Å². The Morgan fingerprint density at radius 1 is 0.867 bits per heavy atom. The number of hydrogen-bond acceptors (Lipinski definition) is 1. The Hall–Kier alpha value is -1.25. The highest BCUT2D eigenvalue weighted by atomic mass is 35.5. The van der Waals surface area contributed by atoms with Crippen LogP contribution in [0.4, 0.5) is 0 Å². The highest BCUT2D eigenvalue weighted by Gasteiger charge is 1.99. The minimum absolute atomic E-state index is 0.123. The number of hydrogen-bond donors (Lipinski definition) is 0. The average Bonchev–Trinajstić information content (AvgIpc) is 2.23. The lowest BCUT2D eigenvalue weighted by Gasteiger charge is -2.05. The van der Waals surface area contributed by atoms with Gasteiger partial charge in [-0.05, 0) is 30.3 Å². The summed E-state index contributed by atoms with van der Waals surface area (Å²) in [5, 5.41) is 1.15. The van der Waals surface area contributed by atoms with Gasteiger partial charge in [-0.25, -0.2) is 0 Å². The van der Waals surface area contributed by atoms with Crippen molar-refractivity contribution in [2.24, 2.45) is 0 Å². The van der Waals surface area contributed by atoms with E-state index in [-0.39, 0.29) is 5.56 Å². The largest absolute Gasteiger partial charge is 0.283 e. The first kappa shape index (κ1) is 10.3. The van der Waals surface area contributed by atoms with Gasteiger partial charge in [0, 0.05) is 23.0 Å². The molecule has 0 radical (unpaired) electrons. The molecule has 0 aliphatic rings. The number of rotatable bonds is 1. The average molecular weight is 240 g/mol. The van der Waals surface area contributed by atoms with Gasteiger partial charge in [0.25, 0.3) is 5.56 Å². The van der Waals surface area contributed by atoms with Gasteiger partial charge >= 0.3 is 0 Å². The summed E-state index contributed by atoms with van der Waals surface area (Å²) in [6.45, 7) is 0. The van der Waals surface area contributed by atoms with Gasteiger partial charge in [-0.3, -0.25) is 9.36 Å². The summed E-state index contributed by atoms with van der Waals surface area (Å²) in [4.78, 5) is 11.5. The van der Waals surface area contributed by atoms with Crippen LogP contribution in [-0.2, 0) is 0 Å². The molecule has 2 nitrogen and oxygen atoms in total. The molecule has 1 aromatic carbocycles. The van der Waals surface area contributed by atoms with Gasteiger partial charge in [0.1, 0.15) is 0 Å². The third kappa shape index (κ3) is 2.22. The summed E-state index contributed by atoms with van der Waals surface area (Å²) in [7, 11) is 0. The van der Waals surface area contributed by atoms with Crippen LogP contribution in [0.25, 0.3) is 5.69 Å². The lowest BCUT2D eigenvalue weighted by atomic mass is 10.3. The zero-order chi connectivity index (χ0) is 10.8. The lowest BCUT2D eigenvalue weighted by Crippen LogP contribution is -2.15. The van der Waals surface area contributed by atoms with Crippen LogP contribution >= 0.6 is 23.2 Å². The Bertz CT molecular complexity index is 531. The SMILES string of the molecule is O=c1ccc(Cl)cn1-c1ccc(Cl)cc1. The maximum atomic E-state index is 11.5. The van der Waals surface area contributed by atoms with Crippen molar-refractivity contribution in [2.45, 2.75) is 0 Å². The van der Waals surface area contributed by atoms with E-state index in [1.165, 1.54) is 10.6 Å². The molecule has 0 saturated carbocycles. The van der Waals surface area contributed by atoms with Crippen molar-refractivity contribution >= 4 is 23.2 Å². The Balaban J connectivity index is 2.58. The van der Waals surface area contributed by atoms with Crippen molar-refractivity contribution in [2.75, 3.05) is 0 Å². The quantitative estimate of drug-likeness (QED) is 0.750. The molecule has 2 rings (SSSR count). The monoisotopic (exact) mass is 239 g/mol. The predicted octanol–water partition coefficient (Wildman–Crippen LogP) is 3.14. The Kier molecular flexibility index (Phi) is 2.80. The van der Waals surface area contributed by atoms with Crippen molar-refractivity contribution in [3.63, 3.8) is 0 Å². The third-order valence-electron chi connectivity index (χ3n) is 1.98. The lowest BCUT2D eigenvalue weighted by molar-refractivity contribution is 0.991. The van der Waals surface area contributed by atoms with Crippen LogP contribution in [-0.4, -0.2) is 4.57 Å². The van der Waals surface area contributed by atoms with Gasteiger partial charge in [0.15, 0.2) is 0 Å². The maximum absolute atomic E-state index is 11.5. The Morgan fingerprint density at radius 3 is 2.13 bits per heavy atom. The van der Waals surface area contributed by atoms with Gasteiger partial charge in [0.2, 0.25) is 0 Å². The standard InChI is InChI=1S/C11H7Cl2NO/c12-8-1-4-10(5-2-8)14-7-9(13)3-6-11(14)15/h1-7H. The van der Waals surface area contributed by atoms with E-state index in [1.807, 2.05) is 0 Å². The van der Waals surface area contributed by atoms with E-state index in [2.05, 4.69) is 0 Å². The van der Waals surface area contributed by atoms with Crippen molar-refractivity contribution in [3.05, 3.63) is 63.0 Å². The molecule has 15 heavy (non-hydrogen) atoms. The highest BCUT2D eigenvalue weighted by Crippen LogP contribution is 2.13. The molecule has 4 heteroatoms. The fourth-order valence-corrected chi connectivity index (χ4v) is 1.55. The first-order chi connectivity index (χ1) is 7.16. The molecule has 0 amide bonds. The van der Waals surface area contributed by atoms with Crippen LogP contribution < -0.4 is 5.56 Å². The third-order valence-corrected chi connectivity index (χ3v) is 2.46. The Labute approximate surface area is 96.7 Å². The van der Waals surface area contributed by atoms with E-state index in [1.54, 1.807) is 36.5 Å². The number of halogens is 2. The number of pyridine rings is 1. The van der Waals surface area contributed by atoms with Gasteiger partial charge in [0.05, 0.1) is 5.02 Å². The number of aromatic nitrogens is 1. The zero-order valence-corrected chi connectivity index (χ0v) is 9.16. The summed E-state index contributed by atoms with van der Waals surface area (Å²) in [5.41, 5.74) is 0.619. The second kappa shape index (κ2) is 4.09. The first-order valence-electron chi connectivity index (χ1n) is 4.31. The molecule has 0 atom stereocenters. The van der Waals surface area contributed by atoms with Gasteiger partial charge in [-0.1, -0.05) is 23.2 Å². The molecule has 0 saturated heterocycles. The summed E-state index contributed by atoms with van der Waals surface area (Å²) in [6, 6.07) is 9.97. The molecule has 76 valence electrons. The summed E-state index contributed by atoms with van der Waals surface area (Å²) in [6.07, 6.45) is 1.58. The molecule has 0 aliphatic carbocycles. The smallest absolute Gasteiger partial charge is 0.255 e. The molecule has 0 unspecified atom stereocenters. The highest BCUT2D eigenvalue weighted by molar-refractivity contribution is 6.30. The fraction of sp³-hybridized carbons (Fsp3) is 0. The van der Waals surface area contributed by atoms with E-state index in [4.69, 9.17) is 23.2 Å². The van der Waals surface area contributed by atoms with Crippen molar-refractivity contribution in [1.82, 2.24) is 4.57 Å². The van der Waals surface area contributed by atoms with Crippen LogP contribution in [0, 0.1) is 0 Å². The van der Waals surface area contributed by atoms with Crippen molar-refractivity contribution < 1.29 is 0 Å². The van der Waals surface area contributed by atoms with Crippen molar-refractivity contribution in [3.8, 4) is 5.69 Å². The predicted molar refractivity (Wildman–Crippen MR) is 62.1 cm³/mol. The van der Waals surface area contributed by atoms with E-state index in [9.17, 15) is 4.79 Å². The fourth-order valence-electron chi connectivity index (χ4n) is 1.26. The second-order valence-electron chi connectivity index (χ2n) is 3.03. The van der Waals surface area contributed by atoms with Crippen LogP contribution in [0.1, 0.15) is 0 Å². The second-order valence-corrected chi connectivity index (χ2v) is 3.90. The maximum Gasteiger partial charge on any atom is 0.255 e. The normalized spacial score (nSPS) is 10.3. The van der Waals surface area contributed by atoms with Crippen LogP contribution in [0.3, 0.4) is 0 Å².